The predicted molar refractivity (Wildman–Crippen MR) is 52.6 cm³/mol. The molecule has 0 saturated carbocycles. The van der Waals surface area contributed by atoms with E-state index in [0.717, 1.165) is 9.47 Å². The number of H-pyrrole nitrogens is 2. The van der Waals surface area contributed by atoms with Crippen LogP contribution in [0.15, 0.2) is 34.3 Å². The van der Waals surface area contributed by atoms with Gasteiger partial charge >= 0.3 is 0 Å². The molecule has 0 saturated heterocycles. The molecule has 0 unspecified atom stereocenters. The van der Waals surface area contributed by atoms with E-state index in [0.29, 0.717) is 0 Å². The minimum Gasteiger partial charge on any atom is -0.339 e. The first kappa shape index (κ1) is 9.47. The van der Waals surface area contributed by atoms with Gasteiger partial charge in [-0.3, -0.25) is 0 Å². The van der Waals surface area contributed by atoms with Crippen molar-refractivity contribution in [3.63, 3.8) is 0 Å². The molecule has 0 bridgehead atoms. The Bertz CT molecular complexity index is 257. The standard InChI is InChI=1S/2C3H3BrN2/c2*4-3-5-1-2-6-3/h2*1-2H,(H,5,6). The number of imidazole rings is 2. The van der Waals surface area contributed by atoms with Gasteiger partial charge in [0.15, 0.2) is 9.47 Å². The van der Waals surface area contributed by atoms with Gasteiger partial charge in [-0.25, -0.2) is 9.97 Å². The summed E-state index contributed by atoms with van der Waals surface area (Å²) in [6.07, 6.45) is 6.88. The monoisotopic (exact) mass is 292 g/mol. The Morgan fingerprint density at radius 1 is 0.917 bits per heavy atom. The number of hydrogen-bond donors (Lipinski definition) is 2. The molecule has 2 aromatic rings. The predicted octanol–water partition coefficient (Wildman–Crippen LogP) is 2.34. The second-order valence-corrected chi connectivity index (χ2v) is 3.26. The van der Waals surface area contributed by atoms with E-state index in [1.807, 2.05) is 0 Å². The highest BCUT2D eigenvalue weighted by Gasteiger charge is 1.77. The van der Waals surface area contributed by atoms with E-state index in [1.54, 1.807) is 24.8 Å². The van der Waals surface area contributed by atoms with Crippen LogP contribution < -0.4 is 0 Å². The fourth-order valence-electron chi connectivity index (χ4n) is 0.492. The maximum atomic E-state index is 3.78. The lowest BCUT2D eigenvalue weighted by Gasteiger charge is -1.65. The zero-order valence-corrected chi connectivity index (χ0v) is 9.13. The van der Waals surface area contributed by atoms with Crippen molar-refractivity contribution in [3.8, 4) is 0 Å². The zero-order valence-electron chi connectivity index (χ0n) is 5.96. The summed E-state index contributed by atoms with van der Waals surface area (Å²) in [5.74, 6) is 0. The molecule has 0 atom stereocenters. The van der Waals surface area contributed by atoms with Crippen molar-refractivity contribution in [2.45, 2.75) is 0 Å². The summed E-state index contributed by atoms with van der Waals surface area (Å²) >= 11 is 6.23. The van der Waals surface area contributed by atoms with Crippen molar-refractivity contribution in [2.24, 2.45) is 0 Å². The van der Waals surface area contributed by atoms with Crippen molar-refractivity contribution in [1.29, 1.82) is 0 Å². The molecule has 2 heterocycles. The van der Waals surface area contributed by atoms with Crippen molar-refractivity contribution in [3.05, 3.63) is 34.3 Å². The molecule has 6 heteroatoms. The smallest absolute Gasteiger partial charge is 0.174 e. The first-order valence-electron chi connectivity index (χ1n) is 3.09. The van der Waals surface area contributed by atoms with Gasteiger partial charge in [0.05, 0.1) is 0 Å². The largest absolute Gasteiger partial charge is 0.339 e. The third-order valence-electron chi connectivity index (χ3n) is 0.930. The number of nitrogens with zero attached hydrogens (tertiary/aromatic N) is 2. The summed E-state index contributed by atoms with van der Waals surface area (Å²) in [6.45, 7) is 0. The summed E-state index contributed by atoms with van der Waals surface area (Å²) in [5.41, 5.74) is 0. The van der Waals surface area contributed by atoms with E-state index < -0.39 is 0 Å². The quantitative estimate of drug-likeness (QED) is 0.783. The second kappa shape index (κ2) is 5.10. The van der Waals surface area contributed by atoms with Crippen LogP contribution >= 0.6 is 31.9 Å². The van der Waals surface area contributed by atoms with E-state index in [4.69, 9.17) is 0 Å². The molecule has 64 valence electrons. The number of hydrogen-bond acceptors (Lipinski definition) is 2. The molecule has 0 amide bonds. The molecule has 0 spiro atoms. The summed E-state index contributed by atoms with van der Waals surface area (Å²) in [6, 6.07) is 0. The molecule has 2 aromatic heterocycles. The second-order valence-electron chi connectivity index (χ2n) is 1.76. The van der Waals surface area contributed by atoms with Crippen molar-refractivity contribution in [2.75, 3.05) is 0 Å². The molecule has 0 aliphatic heterocycles. The van der Waals surface area contributed by atoms with E-state index in [-0.39, 0.29) is 0 Å². The van der Waals surface area contributed by atoms with Crippen molar-refractivity contribution < 1.29 is 0 Å². The van der Waals surface area contributed by atoms with Gasteiger partial charge in [-0.05, 0) is 31.9 Å². The highest BCUT2D eigenvalue weighted by atomic mass is 79.9. The summed E-state index contributed by atoms with van der Waals surface area (Å²) in [5, 5.41) is 0. The minimum atomic E-state index is 0.780. The average Bonchev–Trinajstić information content (AvgIpc) is 2.63. The van der Waals surface area contributed by atoms with E-state index in [2.05, 4.69) is 51.8 Å². The van der Waals surface area contributed by atoms with Gasteiger partial charge < -0.3 is 9.97 Å². The Labute approximate surface area is 86.1 Å². The molecule has 2 rings (SSSR count). The maximum absolute atomic E-state index is 3.78. The van der Waals surface area contributed by atoms with Crippen molar-refractivity contribution in [1.82, 2.24) is 19.9 Å². The molecule has 0 aliphatic rings. The van der Waals surface area contributed by atoms with Crippen LogP contribution in [0.3, 0.4) is 0 Å². The van der Waals surface area contributed by atoms with Gasteiger partial charge in [0, 0.05) is 24.8 Å². The SMILES string of the molecule is Brc1ncc[nH]1.Brc1ncc[nH]1. The molecule has 4 nitrogen and oxygen atoms in total. The number of rotatable bonds is 0. The van der Waals surface area contributed by atoms with Crippen LogP contribution in [-0.2, 0) is 0 Å². The first-order chi connectivity index (χ1) is 5.79. The highest BCUT2D eigenvalue weighted by molar-refractivity contribution is 9.10. The molecular formula is C6H6Br2N4. The summed E-state index contributed by atoms with van der Waals surface area (Å²) < 4.78 is 1.56. The number of aromatic nitrogens is 4. The topological polar surface area (TPSA) is 57.4 Å². The Hall–Kier alpha value is -0.620. The zero-order chi connectivity index (χ0) is 8.81. The van der Waals surface area contributed by atoms with Gasteiger partial charge in [0.2, 0.25) is 0 Å². The number of halogens is 2. The van der Waals surface area contributed by atoms with Crippen LogP contribution in [0.25, 0.3) is 0 Å². The van der Waals surface area contributed by atoms with Gasteiger partial charge in [-0.15, -0.1) is 0 Å². The first-order valence-corrected chi connectivity index (χ1v) is 4.67. The lowest BCUT2D eigenvalue weighted by atomic mass is 11.0. The van der Waals surface area contributed by atoms with Crippen LogP contribution in [0.5, 0.6) is 0 Å². The van der Waals surface area contributed by atoms with Crippen LogP contribution in [0, 0.1) is 0 Å². The van der Waals surface area contributed by atoms with Crippen LogP contribution in [0.4, 0.5) is 0 Å². The Morgan fingerprint density at radius 2 is 1.33 bits per heavy atom. The van der Waals surface area contributed by atoms with E-state index in [1.165, 1.54) is 0 Å². The molecule has 0 radical (unpaired) electrons. The Balaban J connectivity index is 0.000000120. The minimum absolute atomic E-state index is 0.780. The Kier molecular flexibility index (Phi) is 4.02. The lowest BCUT2D eigenvalue weighted by Crippen LogP contribution is -1.57. The van der Waals surface area contributed by atoms with Gasteiger partial charge in [0.25, 0.3) is 0 Å². The normalized spacial score (nSPS) is 8.83. The highest BCUT2D eigenvalue weighted by Crippen LogP contribution is 1.95. The summed E-state index contributed by atoms with van der Waals surface area (Å²) in [7, 11) is 0. The molecular weight excluding hydrogens is 288 g/mol. The lowest BCUT2D eigenvalue weighted by molar-refractivity contribution is 1.24. The maximum Gasteiger partial charge on any atom is 0.174 e. The van der Waals surface area contributed by atoms with Crippen LogP contribution in [-0.4, -0.2) is 19.9 Å². The third kappa shape index (κ3) is 3.68. The molecule has 0 aromatic carbocycles. The molecule has 2 N–H and O–H groups in total. The van der Waals surface area contributed by atoms with Gasteiger partial charge in [0.1, 0.15) is 0 Å². The van der Waals surface area contributed by atoms with E-state index in [9.17, 15) is 0 Å². The molecule has 0 aliphatic carbocycles. The summed E-state index contributed by atoms with van der Waals surface area (Å²) in [4.78, 5) is 13.2. The van der Waals surface area contributed by atoms with Gasteiger partial charge in [-0.1, -0.05) is 0 Å². The number of nitrogens with one attached hydrogen (secondary N) is 2. The average molecular weight is 294 g/mol. The molecule has 12 heavy (non-hydrogen) atoms. The van der Waals surface area contributed by atoms with Crippen LogP contribution in [0.2, 0.25) is 0 Å². The number of aromatic amines is 2. The van der Waals surface area contributed by atoms with Crippen molar-refractivity contribution >= 4 is 31.9 Å². The molecule has 0 fully saturated rings. The fraction of sp³-hybridized carbons (Fsp3) is 0. The van der Waals surface area contributed by atoms with Gasteiger partial charge in [-0.2, -0.15) is 0 Å². The fourth-order valence-corrected chi connectivity index (χ4v) is 0.993. The van der Waals surface area contributed by atoms with Crippen LogP contribution in [0.1, 0.15) is 0 Å². The Morgan fingerprint density at radius 3 is 1.42 bits per heavy atom. The van der Waals surface area contributed by atoms with E-state index >= 15 is 0 Å². The third-order valence-corrected chi connectivity index (χ3v) is 1.80.